The molecule has 2 rings (SSSR count). The van der Waals surface area contributed by atoms with Crippen LogP contribution in [0.3, 0.4) is 0 Å². The number of hydrogen-bond acceptors (Lipinski definition) is 4. The molecule has 2 heterocycles. The lowest BCUT2D eigenvalue weighted by molar-refractivity contribution is 0.0939. The number of aromatic nitrogens is 3. The average molecular weight is 292 g/mol. The molecule has 0 aromatic carbocycles. The summed E-state index contributed by atoms with van der Waals surface area (Å²) in [7, 11) is 0. The van der Waals surface area contributed by atoms with Crippen LogP contribution in [0.4, 0.5) is 0 Å². The lowest BCUT2D eigenvalue weighted by atomic mass is 10.2. The van der Waals surface area contributed by atoms with Gasteiger partial charge in [-0.15, -0.1) is 11.3 Å². The first-order valence-electron chi connectivity index (χ1n) is 6.82. The molecule has 20 heavy (non-hydrogen) atoms. The second-order valence-corrected chi connectivity index (χ2v) is 5.88. The summed E-state index contributed by atoms with van der Waals surface area (Å²) in [5, 5.41) is 7.27. The van der Waals surface area contributed by atoms with Crippen molar-refractivity contribution in [1.82, 2.24) is 20.1 Å². The van der Waals surface area contributed by atoms with E-state index in [4.69, 9.17) is 0 Å². The fourth-order valence-electron chi connectivity index (χ4n) is 2.10. The molecule has 0 fully saturated rings. The molecule has 0 saturated carbocycles. The van der Waals surface area contributed by atoms with Crippen LogP contribution in [0.5, 0.6) is 0 Å². The zero-order valence-electron chi connectivity index (χ0n) is 12.1. The number of nitrogens with one attached hydrogen (secondary N) is 1. The van der Waals surface area contributed by atoms with Crippen LogP contribution in [0.1, 0.15) is 41.2 Å². The number of carbonyl (C=O) groups excluding carboxylic acids is 1. The van der Waals surface area contributed by atoms with Crippen molar-refractivity contribution in [3.63, 3.8) is 0 Å². The predicted molar refractivity (Wildman–Crippen MR) is 80.0 cm³/mol. The minimum atomic E-state index is -0.0538. The van der Waals surface area contributed by atoms with Gasteiger partial charge in [0.1, 0.15) is 0 Å². The molecule has 6 heteroatoms. The summed E-state index contributed by atoms with van der Waals surface area (Å²) in [6, 6.07) is 0.0804. The summed E-state index contributed by atoms with van der Waals surface area (Å²) in [4.78, 5) is 17.5. The number of thiazole rings is 1. The highest BCUT2D eigenvalue weighted by Gasteiger charge is 2.16. The Bertz CT molecular complexity index is 562. The van der Waals surface area contributed by atoms with Crippen LogP contribution >= 0.6 is 11.3 Å². The molecule has 2 aromatic heterocycles. The van der Waals surface area contributed by atoms with Crippen LogP contribution in [-0.4, -0.2) is 26.7 Å². The molecule has 2 aromatic rings. The topological polar surface area (TPSA) is 59.8 Å². The van der Waals surface area contributed by atoms with E-state index in [1.54, 1.807) is 17.5 Å². The molecule has 0 unspecified atom stereocenters. The van der Waals surface area contributed by atoms with Gasteiger partial charge in [-0.25, -0.2) is 0 Å². The zero-order valence-corrected chi connectivity index (χ0v) is 12.9. The Balaban J connectivity index is 1.97. The Morgan fingerprint density at radius 1 is 1.50 bits per heavy atom. The Morgan fingerprint density at radius 2 is 2.30 bits per heavy atom. The lowest BCUT2D eigenvalue weighted by Crippen LogP contribution is -2.34. The van der Waals surface area contributed by atoms with E-state index in [-0.39, 0.29) is 11.9 Å². The summed E-state index contributed by atoms with van der Waals surface area (Å²) in [5.74, 6) is -0.0538. The molecule has 5 nitrogen and oxygen atoms in total. The molecule has 0 aliphatic heterocycles. The number of carbonyl (C=O) groups is 1. The molecule has 0 radical (unpaired) electrons. The highest BCUT2D eigenvalue weighted by molar-refractivity contribution is 7.09. The van der Waals surface area contributed by atoms with Gasteiger partial charge in [-0.05, 0) is 20.3 Å². The van der Waals surface area contributed by atoms with Gasteiger partial charge in [-0.3, -0.25) is 14.5 Å². The van der Waals surface area contributed by atoms with Gasteiger partial charge in [0.25, 0.3) is 5.91 Å². The maximum Gasteiger partial charge on any atom is 0.254 e. The van der Waals surface area contributed by atoms with Crippen LogP contribution < -0.4 is 5.32 Å². The molecule has 1 N–H and O–H groups in total. The maximum atomic E-state index is 12.2. The van der Waals surface area contributed by atoms with Gasteiger partial charge in [-0.2, -0.15) is 5.10 Å². The third kappa shape index (κ3) is 3.45. The van der Waals surface area contributed by atoms with E-state index in [9.17, 15) is 4.79 Å². The van der Waals surface area contributed by atoms with Gasteiger partial charge in [-0.1, -0.05) is 6.92 Å². The van der Waals surface area contributed by atoms with Crippen molar-refractivity contribution >= 4 is 17.2 Å². The first-order valence-corrected chi connectivity index (χ1v) is 7.70. The van der Waals surface area contributed by atoms with E-state index in [1.165, 1.54) is 4.88 Å². The number of aryl methyl sites for hydroxylation is 1. The van der Waals surface area contributed by atoms with E-state index >= 15 is 0 Å². The van der Waals surface area contributed by atoms with Crippen LogP contribution in [-0.2, 0) is 13.0 Å². The Labute approximate surface area is 123 Å². The van der Waals surface area contributed by atoms with Gasteiger partial charge in [0.2, 0.25) is 0 Å². The van der Waals surface area contributed by atoms with Gasteiger partial charge in [0.15, 0.2) is 0 Å². The molecular weight excluding hydrogens is 272 g/mol. The average Bonchev–Trinajstić information content (AvgIpc) is 3.01. The molecule has 1 amide bonds. The largest absolute Gasteiger partial charge is 0.349 e. The first-order chi connectivity index (χ1) is 9.61. The van der Waals surface area contributed by atoms with Crippen LogP contribution in [0.25, 0.3) is 0 Å². The lowest BCUT2D eigenvalue weighted by Gasteiger charge is -2.12. The van der Waals surface area contributed by atoms with Crippen LogP contribution in [0.15, 0.2) is 17.9 Å². The molecule has 0 spiro atoms. The first kappa shape index (κ1) is 14.7. The summed E-state index contributed by atoms with van der Waals surface area (Å²) in [6.45, 7) is 6.88. The quantitative estimate of drug-likeness (QED) is 0.889. The monoisotopic (exact) mass is 292 g/mol. The van der Waals surface area contributed by atoms with Crippen molar-refractivity contribution < 1.29 is 4.79 Å². The second-order valence-electron chi connectivity index (χ2n) is 4.91. The van der Waals surface area contributed by atoms with Crippen LogP contribution in [0, 0.1) is 6.92 Å². The summed E-state index contributed by atoms with van der Waals surface area (Å²) >= 11 is 1.61. The highest BCUT2D eigenvalue weighted by Crippen LogP contribution is 2.11. The third-order valence-corrected chi connectivity index (χ3v) is 3.95. The minimum Gasteiger partial charge on any atom is -0.349 e. The van der Waals surface area contributed by atoms with Crippen molar-refractivity contribution in [3.8, 4) is 0 Å². The van der Waals surface area contributed by atoms with Gasteiger partial charge in [0, 0.05) is 35.8 Å². The van der Waals surface area contributed by atoms with E-state index in [2.05, 4.69) is 22.3 Å². The van der Waals surface area contributed by atoms with Gasteiger partial charge < -0.3 is 5.32 Å². The Kier molecular flexibility index (Phi) is 4.89. The highest BCUT2D eigenvalue weighted by atomic mass is 32.1. The molecule has 0 bridgehead atoms. The molecule has 1 atom stereocenters. The van der Waals surface area contributed by atoms with Crippen LogP contribution in [0.2, 0.25) is 0 Å². The fourth-order valence-corrected chi connectivity index (χ4v) is 2.83. The Morgan fingerprint density at radius 3 is 2.95 bits per heavy atom. The number of nitrogens with zero attached hydrogens (tertiary/aromatic N) is 3. The third-order valence-electron chi connectivity index (χ3n) is 3.15. The normalized spacial score (nSPS) is 12.3. The van der Waals surface area contributed by atoms with E-state index in [1.807, 2.05) is 30.2 Å². The van der Waals surface area contributed by atoms with E-state index in [0.717, 1.165) is 25.1 Å². The number of amides is 1. The minimum absolute atomic E-state index is 0.0538. The molecule has 0 saturated heterocycles. The van der Waals surface area contributed by atoms with Gasteiger partial charge >= 0.3 is 0 Å². The summed E-state index contributed by atoms with van der Waals surface area (Å²) < 4.78 is 1.88. The van der Waals surface area contributed by atoms with Crippen molar-refractivity contribution in [2.75, 3.05) is 0 Å². The molecular formula is C14H20N4OS. The SMILES string of the molecule is CCCn1ncc(C(=O)N[C@@H](C)Cc2cncs2)c1C. The van der Waals surface area contributed by atoms with Gasteiger partial charge in [0.05, 0.1) is 17.3 Å². The standard InChI is InChI=1S/C14H20N4OS/c1-4-5-18-11(3)13(8-16-18)14(19)17-10(2)6-12-7-15-9-20-12/h7-10H,4-6H2,1-3H3,(H,17,19)/t10-/m0/s1. The summed E-state index contributed by atoms with van der Waals surface area (Å²) in [6.07, 6.45) is 5.31. The van der Waals surface area contributed by atoms with E-state index < -0.39 is 0 Å². The van der Waals surface area contributed by atoms with Crippen molar-refractivity contribution in [1.29, 1.82) is 0 Å². The van der Waals surface area contributed by atoms with Crippen molar-refractivity contribution in [3.05, 3.63) is 34.0 Å². The zero-order chi connectivity index (χ0) is 14.5. The fraction of sp³-hybridized carbons (Fsp3) is 0.500. The smallest absolute Gasteiger partial charge is 0.254 e. The number of hydrogen-bond donors (Lipinski definition) is 1. The van der Waals surface area contributed by atoms with E-state index in [0.29, 0.717) is 5.56 Å². The molecule has 0 aliphatic carbocycles. The van der Waals surface area contributed by atoms with Crippen molar-refractivity contribution in [2.45, 2.75) is 46.2 Å². The maximum absolute atomic E-state index is 12.2. The number of rotatable bonds is 6. The molecule has 108 valence electrons. The Hall–Kier alpha value is -1.69. The summed E-state index contributed by atoms with van der Waals surface area (Å²) in [5.41, 5.74) is 3.40. The second kappa shape index (κ2) is 6.65. The predicted octanol–water partition coefficient (Wildman–Crippen LogP) is 2.42. The molecule has 0 aliphatic rings. The van der Waals surface area contributed by atoms with Crippen molar-refractivity contribution in [2.24, 2.45) is 0 Å².